The number of nitrogens with two attached hydrogens (primary N) is 2. The number of nitrogens with zero attached hydrogens (tertiary/aromatic N) is 1. The van der Waals surface area contributed by atoms with E-state index in [0.717, 1.165) is 16.8 Å². The van der Waals surface area contributed by atoms with Crippen molar-refractivity contribution in [1.29, 1.82) is 0 Å². The van der Waals surface area contributed by atoms with Gasteiger partial charge in [-0.3, -0.25) is 0 Å². The highest BCUT2D eigenvalue weighted by molar-refractivity contribution is 5.84. The van der Waals surface area contributed by atoms with E-state index in [1.807, 2.05) is 32.0 Å². The Morgan fingerprint density at radius 3 is 2.73 bits per heavy atom. The molecule has 1 unspecified atom stereocenters. The fourth-order valence-corrected chi connectivity index (χ4v) is 1.45. The number of hydrogen-bond donors (Lipinski definition) is 3. The quantitative estimate of drug-likeness (QED) is 0.510. The van der Waals surface area contributed by atoms with Crippen LogP contribution in [0, 0.1) is 6.92 Å². The maximum absolute atomic E-state index is 8.78. The highest BCUT2D eigenvalue weighted by Crippen LogP contribution is 2.25. The van der Waals surface area contributed by atoms with E-state index in [4.69, 9.17) is 16.6 Å². The first-order valence-electron chi connectivity index (χ1n) is 4.85. The Labute approximate surface area is 89.6 Å². The SMILES string of the molecule is Cc1c(N=C(N)CO)cccc1C(C)N. The van der Waals surface area contributed by atoms with Gasteiger partial charge in [0.2, 0.25) is 0 Å². The van der Waals surface area contributed by atoms with Crippen LogP contribution in [-0.2, 0) is 0 Å². The van der Waals surface area contributed by atoms with Gasteiger partial charge in [-0.1, -0.05) is 12.1 Å². The van der Waals surface area contributed by atoms with E-state index >= 15 is 0 Å². The maximum Gasteiger partial charge on any atom is 0.125 e. The molecular weight excluding hydrogens is 190 g/mol. The number of aliphatic hydroxyl groups is 1. The summed E-state index contributed by atoms with van der Waals surface area (Å²) in [4.78, 5) is 4.11. The van der Waals surface area contributed by atoms with Crippen molar-refractivity contribution >= 4 is 11.5 Å². The summed E-state index contributed by atoms with van der Waals surface area (Å²) in [5.41, 5.74) is 14.1. The lowest BCUT2D eigenvalue weighted by atomic mass is 10.0. The Kier molecular flexibility index (Phi) is 3.82. The number of aliphatic imine (C=N–C) groups is 1. The van der Waals surface area contributed by atoms with Crippen LogP contribution in [-0.4, -0.2) is 17.5 Å². The number of aliphatic hydroxyl groups excluding tert-OH is 1. The lowest BCUT2D eigenvalue weighted by Gasteiger charge is -2.11. The molecule has 1 rings (SSSR count). The summed E-state index contributed by atoms with van der Waals surface area (Å²) in [6.07, 6.45) is 0. The minimum absolute atomic E-state index is 0.0319. The molecule has 0 aliphatic carbocycles. The number of amidine groups is 1. The summed E-state index contributed by atoms with van der Waals surface area (Å²) < 4.78 is 0. The zero-order valence-electron chi connectivity index (χ0n) is 9.07. The minimum Gasteiger partial charge on any atom is -0.388 e. The monoisotopic (exact) mass is 207 g/mol. The molecule has 0 spiro atoms. The van der Waals surface area contributed by atoms with E-state index in [0.29, 0.717) is 0 Å². The van der Waals surface area contributed by atoms with Crippen LogP contribution >= 0.6 is 0 Å². The predicted octanol–water partition coefficient (Wildman–Crippen LogP) is 0.996. The molecule has 0 fully saturated rings. The van der Waals surface area contributed by atoms with E-state index in [1.54, 1.807) is 0 Å². The summed E-state index contributed by atoms with van der Waals surface area (Å²) in [5, 5.41) is 8.78. The second-order valence-electron chi connectivity index (χ2n) is 3.54. The zero-order valence-corrected chi connectivity index (χ0v) is 9.07. The molecule has 1 aromatic rings. The van der Waals surface area contributed by atoms with Gasteiger partial charge in [0.15, 0.2) is 0 Å². The molecule has 0 saturated heterocycles. The molecular formula is C11H17N3O. The molecule has 0 aliphatic rings. The van der Waals surface area contributed by atoms with Crippen LogP contribution in [0.2, 0.25) is 0 Å². The molecule has 1 atom stereocenters. The fraction of sp³-hybridized carbons (Fsp3) is 0.364. The standard InChI is InChI=1S/C11H17N3O/c1-7-9(8(2)12)4-3-5-10(7)14-11(13)6-15/h3-5,8,15H,6,12H2,1-2H3,(H2,13,14). The summed E-state index contributed by atoms with van der Waals surface area (Å²) >= 11 is 0. The first-order valence-corrected chi connectivity index (χ1v) is 4.85. The Morgan fingerprint density at radius 2 is 2.20 bits per heavy atom. The van der Waals surface area contributed by atoms with Gasteiger partial charge in [-0.05, 0) is 31.0 Å². The molecule has 0 radical (unpaired) electrons. The Morgan fingerprint density at radius 1 is 1.53 bits per heavy atom. The number of rotatable bonds is 3. The highest BCUT2D eigenvalue weighted by Gasteiger charge is 2.06. The number of benzene rings is 1. The molecule has 0 amide bonds. The molecule has 0 aliphatic heterocycles. The first-order chi connectivity index (χ1) is 7.06. The van der Waals surface area contributed by atoms with E-state index in [1.165, 1.54) is 0 Å². The average Bonchev–Trinajstić information content (AvgIpc) is 2.20. The summed E-state index contributed by atoms with van der Waals surface area (Å²) in [6.45, 7) is 3.63. The molecule has 0 bridgehead atoms. The van der Waals surface area contributed by atoms with Crippen molar-refractivity contribution in [3.05, 3.63) is 29.3 Å². The van der Waals surface area contributed by atoms with Gasteiger partial charge in [-0.25, -0.2) is 4.99 Å². The average molecular weight is 207 g/mol. The largest absolute Gasteiger partial charge is 0.388 e. The van der Waals surface area contributed by atoms with Crippen molar-refractivity contribution in [2.24, 2.45) is 16.5 Å². The van der Waals surface area contributed by atoms with E-state index < -0.39 is 0 Å². The van der Waals surface area contributed by atoms with Gasteiger partial charge in [0.25, 0.3) is 0 Å². The summed E-state index contributed by atoms with van der Waals surface area (Å²) in [6, 6.07) is 5.67. The van der Waals surface area contributed by atoms with Crippen molar-refractivity contribution in [3.8, 4) is 0 Å². The molecule has 0 aromatic heterocycles. The smallest absolute Gasteiger partial charge is 0.125 e. The van der Waals surface area contributed by atoms with Gasteiger partial charge in [0.1, 0.15) is 12.4 Å². The van der Waals surface area contributed by atoms with Crippen molar-refractivity contribution in [1.82, 2.24) is 0 Å². The van der Waals surface area contributed by atoms with Crippen LogP contribution in [0.15, 0.2) is 23.2 Å². The minimum atomic E-state index is -0.234. The van der Waals surface area contributed by atoms with E-state index in [2.05, 4.69) is 4.99 Å². The van der Waals surface area contributed by atoms with Crippen molar-refractivity contribution in [3.63, 3.8) is 0 Å². The molecule has 15 heavy (non-hydrogen) atoms. The molecule has 0 heterocycles. The van der Waals surface area contributed by atoms with E-state index in [-0.39, 0.29) is 18.5 Å². The third kappa shape index (κ3) is 2.78. The van der Waals surface area contributed by atoms with Crippen LogP contribution in [0.25, 0.3) is 0 Å². The third-order valence-electron chi connectivity index (χ3n) is 2.26. The maximum atomic E-state index is 8.78. The van der Waals surface area contributed by atoms with Gasteiger partial charge in [0, 0.05) is 6.04 Å². The van der Waals surface area contributed by atoms with Gasteiger partial charge >= 0.3 is 0 Å². The Bertz CT molecular complexity index is 372. The second kappa shape index (κ2) is 4.91. The molecule has 4 heteroatoms. The highest BCUT2D eigenvalue weighted by atomic mass is 16.3. The van der Waals surface area contributed by atoms with Crippen LogP contribution in [0.5, 0.6) is 0 Å². The lowest BCUT2D eigenvalue weighted by molar-refractivity contribution is 0.356. The van der Waals surface area contributed by atoms with Crippen molar-refractivity contribution in [2.45, 2.75) is 19.9 Å². The summed E-state index contributed by atoms with van der Waals surface area (Å²) in [5.74, 6) is 0.208. The van der Waals surface area contributed by atoms with Crippen LogP contribution < -0.4 is 11.5 Å². The molecule has 0 saturated carbocycles. The van der Waals surface area contributed by atoms with Crippen molar-refractivity contribution < 1.29 is 5.11 Å². The van der Waals surface area contributed by atoms with Gasteiger partial charge in [-0.15, -0.1) is 0 Å². The van der Waals surface area contributed by atoms with E-state index in [9.17, 15) is 0 Å². The predicted molar refractivity (Wildman–Crippen MR) is 62.1 cm³/mol. The van der Waals surface area contributed by atoms with Gasteiger partial charge in [-0.2, -0.15) is 0 Å². The van der Waals surface area contributed by atoms with Crippen LogP contribution in [0.4, 0.5) is 5.69 Å². The van der Waals surface area contributed by atoms with Crippen LogP contribution in [0.3, 0.4) is 0 Å². The van der Waals surface area contributed by atoms with Gasteiger partial charge < -0.3 is 16.6 Å². The second-order valence-corrected chi connectivity index (χ2v) is 3.54. The van der Waals surface area contributed by atoms with Gasteiger partial charge in [0.05, 0.1) is 5.69 Å². The van der Waals surface area contributed by atoms with Crippen molar-refractivity contribution in [2.75, 3.05) is 6.61 Å². The molecule has 82 valence electrons. The third-order valence-corrected chi connectivity index (χ3v) is 2.26. The van der Waals surface area contributed by atoms with Crippen LogP contribution in [0.1, 0.15) is 24.1 Å². The normalized spacial score (nSPS) is 14.0. The lowest BCUT2D eigenvalue weighted by Crippen LogP contribution is -2.15. The molecule has 5 N–H and O–H groups in total. The number of hydrogen-bond acceptors (Lipinski definition) is 3. The molecule has 1 aromatic carbocycles. The topological polar surface area (TPSA) is 84.6 Å². The Hall–Kier alpha value is -1.39. The molecule has 4 nitrogen and oxygen atoms in total. The summed E-state index contributed by atoms with van der Waals surface area (Å²) in [7, 11) is 0. The fourth-order valence-electron chi connectivity index (χ4n) is 1.45. The Balaban J connectivity index is 3.15. The first kappa shape index (κ1) is 11.7. The zero-order chi connectivity index (χ0) is 11.4.